The summed E-state index contributed by atoms with van der Waals surface area (Å²) in [5.41, 5.74) is 0. The molecule has 21 heavy (non-hydrogen) atoms. The molecule has 2 N–H and O–H groups in total. The Balaban J connectivity index is 1.92. The number of nitrogens with zero attached hydrogens (tertiary/aromatic N) is 1. The van der Waals surface area contributed by atoms with Crippen molar-refractivity contribution < 1.29 is 14.6 Å². The number of carbonyl (C=O) groups is 1. The van der Waals surface area contributed by atoms with Crippen LogP contribution in [0.5, 0.6) is 0 Å². The highest BCUT2D eigenvalue weighted by Crippen LogP contribution is 2.22. The lowest BCUT2D eigenvalue weighted by molar-refractivity contribution is -0.126. The summed E-state index contributed by atoms with van der Waals surface area (Å²) in [5.74, 6) is 0.0156. The lowest BCUT2D eigenvalue weighted by Crippen LogP contribution is -2.53. The Morgan fingerprint density at radius 2 is 2.38 bits per heavy atom. The van der Waals surface area contributed by atoms with Crippen LogP contribution >= 0.6 is 11.3 Å². The van der Waals surface area contributed by atoms with E-state index in [0.717, 1.165) is 26.1 Å². The quantitative estimate of drug-likeness (QED) is 0.823. The van der Waals surface area contributed by atoms with Gasteiger partial charge in [-0.25, -0.2) is 0 Å². The monoisotopic (exact) mass is 312 g/mol. The highest BCUT2D eigenvalue weighted by atomic mass is 32.1. The molecule has 0 unspecified atom stereocenters. The van der Waals surface area contributed by atoms with Crippen molar-refractivity contribution in [3.05, 3.63) is 21.9 Å². The fraction of sp³-hybridized carbons (Fsp3) is 0.667. The van der Waals surface area contributed by atoms with E-state index < -0.39 is 0 Å². The summed E-state index contributed by atoms with van der Waals surface area (Å²) in [6.45, 7) is 4.94. The van der Waals surface area contributed by atoms with Gasteiger partial charge in [0, 0.05) is 48.5 Å². The number of carbonyl (C=O) groups excluding carboxylic acids is 1. The molecule has 6 heteroatoms. The molecule has 0 radical (unpaired) electrons. The molecular weight excluding hydrogens is 288 g/mol. The highest BCUT2D eigenvalue weighted by Gasteiger charge is 2.30. The number of methoxy groups -OCH3 is 1. The lowest BCUT2D eigenvalue weighted by atomic mass is 9.92. The van der Waals surface area contributed by atoms with Gasteiger partial charge in [-0.1, -0.05) is 0 Å². The van der Waals surface area contributed by atoms with Crippen molar-refractivity contribution in [1.82, 2.24) is 10.2 Å². The molecule has 0 bridgehead atoms. The SMILES string of the molecule is COCC(=O)N[C@@H]1CN(Cc2ccc(C)s2)CC[C@@H]1CO. The second-order valence-corrected chi connectivity index (χ2v) is 6.96. The predicted molar refractivity (Wildman–Crippen MR) is 83.3 cm³/mol. The van der Waals surface area contributed by atoms with E-state index >= 15 is 0 Å². The molecule has 2 atom stereocenters. The first kappa shape index (κ1) is 16.4. The Bertz CT molecular complexity index is 464. The summed E-state index contributed by atoms with van der Waals surface area (Å²) in [6.07, 6.45) is 0.902. The third kappa shape index (κ3) is 4.78. The Morgan fingerprint density at radius 1 is 1.57 bits per heavy atom. The number of amides is 1. The van der Waals surface area contributed by atoms with Gasteiger partial charge in [0.05, 0.1) is 0 Å². The molecule has 118 valence electrons. The molecule has 0 aliphatic carbocycles. The summed E-state index contributed by atoms with van der Waals surface area (Å²) < 4.78 is 4.85. The Kier molecular flexibility index (Phi) is 6.17. The Labute approximate surface area is 129 Å². The van der Waals surface area contributed by atoms with Gasteiger partial charge in [0.15, 0.2) is 0 Å². The van der Waals surface area contributed by atoms with Gasteiger partial charge in [0.2, 0.25) is 5.91 Å². The number of ether oxygens (including phenoxy) is 1. The summed E-state index contributed by atoms with van der Waals surface area (Å²) in [7, 11) is 1.51. The van der Waals surface area contributed by atoms with E-state index in [4.69, 9.17) is 4.74 Å². The van der Waals surface area contributed by atoms with Crippen LogP contribution in [0.1, 0.15) is 16.2 Å². The van der Waals surface area contributed by atoms with Crippen LogP contribution in [0.4, 0.5) is 0 Å². The minimum atomic E-state index is -0.116. The van der Waals surface area contributed by atoms with E-state index in [-0.39, 0.29) is 31.1 Å². The standard InChI is InChI=1S/C15H24N2O3S/c1-11-3-4-13(21-11)7-17-6-5-12(9-18)14(8-17)16-15(19)10-20-2/h3-4,12,14,18H,5-10H2,1-2H3,(H,16,19)/t12-,14-/m1/s1. The van der Waals surface area contributed by atoms with Crippen LogP contribution in [0.25, 0.3) is 0 Å². The van der Waals surface area contributed by atoms with E-state index in [1.807, 2.05) is 11.3 Å². The van der Waals surface area contributed by atoms with Crippen LogP contribution in [0, 0.1) is 12.8 Å². The zero-order valence-electron chi connectivity index (χ0n) is 12.7. The summed E-state index contributed by atoms with van der Waals surface area (Å²) >= 11 is 1.81. The maximum Gasteiger partial charge on any atom is 0.246 e. The van der Waals surface area contributed by atoms with Crippen molar-refractivity contribution in [1.29, 1.82) is 0 Å². The number of hydrogen-bond donors (Lipinski definition) is 2. The van der Waals surface area contributed by atoms with Gasteiger partial charge in [-0.15, -0.1) is 11.3 Å². The molecule has 1 aromatic heterocycles. The molecule has 1 fully saturated rings. The van der Waals surface area contributed by atoms with Crippen molar-refractivity contribution in [3.63, 3.8) is 0 Å². The number of aliphatic hydroxyl groups is 1. The second-order valence-electron chi connectivity index (χ2n) is 5.59. The smallest absolute Gasteiger partial charge is 0.246 e. The maximum absolute atomic E-state index is 11.7. The number of likely N-dealkylation sites (tertiary alicyclic amines) is 1. The van der Waals surface area contributed by atoms with Crippen molar-refractivity contribution in [2.24, 2.45) is 5.92 Å². The molecule has 1 aliphatic heterocycles. The normalized spacial score (nSPS) is 23.2. The Hall–Kier alpha value is -0.950. The van der Waals surface area contributed by atoms with Crippen LogP contribution < -0.4 is 5.32 Å². The Morgan fingerprint density at radius 3 is 3.00 bits per heavy atom. The molecule has 1 saturated heterocycles. The van der Waals surface area contributed by atoms with Gasteiger partial charge in [-0.3, -0.25) is 9.69 Å². The van der Waals surface area contributed by atoms with Crippen LogP contribution in [-0.2, 0) is 16.1 Å². The van der Waals surface area contributed by atoms with Gasteiger partial charge in [-0.2, -0.15) is 0 Å². The van der Waals surface area contributed by atoms with Crippen molar-refractivity contribution in [3.8, 4) is 0 Å². The summed E-state index contributed by atoms with van der Waals surface area (Å²) in [5, 5.41) is 12.5. The van der Waals surface area contributed by atoms with Crippen molar-refractivity contribution >= 4 is 17.2 Å². The van der Waals surface area contributed by atoms with Gasteiger partial charge in [0.25, 0.3) is 0 Å². The van der Waals surface area contributed by atoms with Gasteiger partial charge < -0.3 is 15.2 Å². The van der Waals surface area contributed by atoms with Crippen LogP contribution in [0.2, 0.25) is 0 Å². The first-order chi connectivity index (χ1) is 10.1. The van der Waals surface area contributed by atoms with Crippen molar-refractivity contribution in [2.75, 3.05) is 33.4 Å². The minimum absolute atomic E-state index is 0.00698. The number of rotatable bonds is 6. The lowest BCUT2D eigenvalue weighted by Gasteiger charge is -2.38. The molecule has 1 aromatic rings. The molecule has 0 spiro atoms. The molecule has 2 rings (SSSR count). The van der Waals surface area contributed by atoms with E-state index in [2.05, 4.69) is 29.3 Å². The number of piperidine rings is 1. The second kappa shape index (κ2) is 7.89. The molecule has 0 aromatic carbocycles. The fourth-order valence-electron chi connectivity index (χ4n) is 2.76. The topological polar surface area (TPSA) is 61.8 Å². The van der Waals surface area contributed by atoms with E-state index in [0.29, 0.717) is 0 Å². The third-order valence-corrected chi connectivity index (χ3v) is 4.86. The predicted octanol–water partition coefficient (Wildman–Crippen LogP) is 1.00. The maximum atomic E-state index is 11.7. The average Bonchev–Trinajstić information content (AvgIpc) is 2.85. The van der Waals surface area contributed by atoms with E-state index in [9.17, 15) is 9.90 Å². The number of thiophene rings is 1. The van der Waals surface area contributed by atoms with Crippen LogP contribution in [-0.4, -0.2) is 55.4 Å². The molecule has 1 amide bonds. The first-order valence-corrected chi connectivity index (χ1v) is 8.11. The molecule has 0 saturated carbocycles. The zero-order chi connectivity index (χ0) is 15.2. The number of hydrogen-bond acceptors (Lipinski definition) is 5. The van der Waals surface area contributed by atoms with Crippen LogP contribution in [0.15, 0.2) is 12.1 Å². The molecular formula is C15H24N2O3S. The third-order valence-electron chi connectivity index (χ3n) is 3.87. The molecule has 2 heterocycles. The molecule has 5 nitrogen and oxygen atoms in total. The fourth-order valence-corrected chi connectivity index (χ4v) is 3.70. The summed E-state index contributed by atoms with van der Waals surface area (Å²) in [4.78, 5) is 16.7. The summed E-state index contributed by atoms with van der Waals surface area (Å²) in [6, 6.07) is 4.29. The number of aliphatic hydroxyl groups excluding tert-OH is 1. The number of aryl methyl sites for hydroxylation is 1. The highest BCUT2D eigenvalue weighted by molar-refractivity contribution is 7.11. The minimum Gasteiger partial charge on any atom is -0.396 e. The van der Waals surface area contributed by atoms with E-state index in [1.165, 1.54) is 16.9 Å². The zero-order valence-corrected chi connectivity index (χ0v) is 13.5. The van der Waals surface area contributed by atoms with Gasteiger partial charge in [0.1, 0.15) is 6.61 Å². The van der Waals surface area contributed by atoms with Crippen LogP contribution in [0.3, 0.4) is 0 Å². The van der Waals surface area contributed by atoms with Gasteiger partial charge in [-0.05, 0) is 32.0 Å². The van der Waals surface area contributed by atoms with Crippen molar-refractivity contribution in [2.45, 2.75) is 25.9 Å². The van der Waals surface area contributed by atoms with Gasteiger partial charge >= 0.3 is 0 Å². The number of nitrogens with one attached hydrogen (secondary N) is 1. The first-order valence-electron chi connectivity index (χ1n) is 7.29. The molecule has 1 aliphatic rings. The largest absolute Gasteiger partial charge is 0.396 e. The van der Waals surface area contributed by atoms with E-state index in [1.54, 1.807) is 0 Å². The average molecular weight is 312 g/mol.